The van der Waals surface area contributed by atoms with Crippen LogP contribution in [0.3, 0.4) is 0 Å². The normalized spacial score (nSPS) is 13.2. The Morgan fingerprint density at radius 3 is 1.03 bits per heavy atom. The van der Waals surface area contributed by atoms with Gasteiger partial charge in [-0.15, -0.1) is 0 Å². The highest BCUT2D eigenvalue weighted by molar-refractivity contribution is 7.47. The Bertz CT molecular complexity index is 1220. The molecule has 0 rings (SSSR count). The molecule has 2 atom stereocenters. The first-order valence-electron chi connectivity index (χ1n) is 31.4. The molecule has 0 aromatic heterocycles. The van der Waals surface area contributed by atoms with Gasteiger partial charge in [0.05, 0.1) is 27.7 Å². The number of rotatable bonds is 59. The average molecular weight is 1040 g/mol. The van der Waals surface area contributed by atoms with E-state index < -0.39 is 26.5 Å². The third-order valence-electron chi connectivity index (χ3n) is 14.3. The van der Waals surface area contributed by atoms with E-state index in [0.717, 1.165) is 51.4 Å². The van der Waals surface area contributed by atoms with Crippen LogP contribution in [0.4, 0.5) is 0 Å². The molecule has 428 valence electrons. The number of ether oxygens (including phenoxy) is 2. The van der Waals surface area contributed by atoms with Crippen molar-refractivity contribution in [3.05, 3.63) is 12.2 Å². The number of likely N-dealkylation sites (N-methyl/N-ethyl adjacent to an activating group) is 1. The largest absolute Gasteiger partial charge is 0.472 e. The molecule has 0 radical (unpaired) electrons. The van der Waals surface area contributed by atoms with Gasteiger partial charge in [0.25, 0.3) is 0 Å². The van der Waals surface area contributed by atoms with Gasteiger partial charge >= 0.3 is 19.8 Å². The maximum atomic E-state index is 12.8. The molecule has 0 aromatic rings. The lowest BCUT2D eigenvalue weighted by Gasteiger charge is -2.24. The van der Waals surface area contributed by atoms with Crippen LogP contribution in [0.1, 0.15) is 322 Å². The van der Waals surface area contributed by atoms with Gasteiger partial charge in [0.15, 0.2) is 6.10 Å². The molecule has 0 aliphatic carbocycles. The van der Waals surface area contributed by atoms with Crippen LogP contribution in [0.5, 0.6) is 0 Å². The fraction of sp³-hybridized carbons (Fsp3) is 0.935. The van der Waals surface area contributed by atoms with Crippen molar-refractivity contribution in [3.8, 4) is 0 Å². The van der Waals surface area contributed by atoms with Crippen molar-refractivity contribution in [1.29, 1.82) is 0 Å². The molecule has 9 nitrogen and oxygen atoms in total. The molecule has 0 bridgehead atoms. The summed E-state index contributed by atoms with van der Waals surface area (Å²) >= 11 is 0. The van der Waals surface area contributed by atoms with E-state index in [-0.39, 0.29) is 25.6 Å². The quantitative estimate of drug-likeness (QED) is 0.0211. The highest BCUT2D eigenvalue weighted by Gasteiger charge is 2.27. The Morgan fingerprint density at radius 2 is 0.708 bits per heavy atom. The molecule has 2 unspecified atom stereocenters. The lowest BCUT2D eigenvalue weighted by atomic mass is 10.0. The lowest BCUT2D eigenvalue weighted by Crippen LogP contribution is -2.37. The zero-order valence-corrected chi connectivity index (χ0v) is 49.6. The third-order valence-corrected chi connectivity index (χ3v) is 15.3. The summed E-state index contributed by atoms with van der Waals surface area (Å²) in [5, 5.41) is 0. The third kappa shape index (κ3) is 58.0. The zero-order valence-electron chi connectivity index (χ0n) is 48.7. The summed E-state index contributed by atoms with van der Waals surface area (Å²) in [6, 6.07) is 0. The molecule has 0 spiro atoms. The molecule has 0 saturated carbocycles. The first-order chi connectivity index (χ1) is 35.0. The number of esters is 2. The minimum atomic E-state index is -4.38. The summed E-state index contributed by atoms with van der Waals surface area (Å²) in [6.07, 6.45) is 64.6. The number of unbranched alkanes of at least 4 members (excludes halogenated alkanes) is 43. The Labute approximate surface area is 447 Å². The van der Waals surface area contributed by atoms with E-state index in [9.17, 15) is 19.0 Å². The van der Waals surface area contributed by atoms with E-state index in [1.54, 1.807) is 0 Å². The number of carbonyl (C=O) groups excluding carboxylic acids is 2. The molecule has 0 heterocycles. The van der Waals surface area contributed by atoms with Crippen LogP contribution in [0, 0.1) is 0 Å². The summed E-state index contributed by atoms with van der Waals surface area (Å²) in [6.45, 7) is 4.47. The Balaban J connectivity index is 3.93. The van der Waals surface area contributed by atoms with Gasteiger partial charge in [-0.2, -0.15) is 0 Å². The fourth-order valence-electron chi connectivity index (χ4n) is 9.43. The Kier molecular flexibility index (Phi) is 53.6. The Morgan fingerprint density at radius 1 is 0.417 bits per heavy atom. The van der Waals surface area contributed by atoms with E-state index in [1.165, 1.54) is 238 Å². The first-order valence-corrected chi connectivity index (χ1v) is 32.9. The van der Waals surface area contributed by atoms with E-state index in [2.05, 4.69) is 26.0 Å². The second-order valence-corrected chi connectivity index (χ2v) is 24.3. The van der Waals surface area contributed by atoms with Crippen molar-refractivity contribution in [2.75, 3.05) is 47.5 Å². The SMILES string of the molecule is CCCCCCCC/C=C\CCCCCCCC(=O)OC(COC(=O)CCCCCCCCCCCCCCCCCCCCCCCCCCCCCCCCCCC)COP(=O)(O)OCC[N+](C)(C)C. The van der Waals surface area contributed by atoms with Gasteiger partial charge < -0.3 is 18.9 Å². The molecular formula is C62H123NO8P+. The number of phosphoric acid groups is 1. The number of quaternary nitrogens is 1. The van der Waals surface area contributed by atoms with Gasteiger partial charge in [-0.1, -0.05) is 283 Å². The molecule has 72 heavy (non-hydrogen) atoms. The first kappa shape index (κ1) is 70.8. The molecule has 0 saturated heterocycles. The minimum Gasteiger partial charge on any atom is -0.462 e. The summed E-state index contributed by atoms with van der Waals surface area (Å²) in [7, 11) is 1.49. The maximum Gasteiger partial charge on any atom is 0.472 e. The maximum absolute atomic E-state index is 12.8. The fourth-order valence-corrected chi connectivity index (χ4v) is 10.2. The van der Waals surface area contributed by atoms with Gasteiger partial charge in [0.1, 0.15) is 19.8 Å². The van der Waals surface area contributed by atoms with Crippen LogP contribution < -0.4 is 0 Å². The monoisotopic (exact) mass is 1040 g/mol. The number of nitrogens with zero attached hydrogens (tertiary/aromatic N) is 1. The summed E-state index contributed by atoms with van der Waals surface area (Å²) in [5.41, 5.74) is 0. The van der Waals surface area contributed by atoms with Crippen molar-refractivity contribution < 1.29 is 42.1 Å². The highest BCUT2D eigenvalue weighted by atomic mass is 31.2. The second kappa shape index (κ2) is 54.5. The number of hydrogen-bond acceptors (Lipinski definition) is 7. The van der Waals surface area contributed by atoms with Crippen molar-refractivity contribution in [2.45, 2.75) is 328 Å². The van der Waals surface area contributed by atoms with Gasteiger partial charge in [0.2, 0.25) is 0 Å². The van der Waals surface area contributed by atoms with Crippen LogP contribution >= 0.6 is 7.82 Å². The molecule has 10 heteroatoms. The van der Waals surface area contributed by atoms with Crippen LogP contribution in [0.2, 0.25) is 0 Å². The predicted octanol–water partition coefficient (Wildman–Crippen LogP) is 19.6. The number of hydrogen-bond donors (Lipinski definition) is 1. The summed E-state index contributed by atoms with van der Waals surface area (Å²) in [5.74, 6) is -0.789. The predicted molar refractivity (Wildman–Crippen MR) is 308 cm³/mol. The lowest BCUT2D eigenvalue weighted by molar-refractivity contribution is -0.870. The number of phosphoric ester groups is 1. The average Bonchev–Trinajstić information content (AvgIpc) is 3.34. The smallest absolute Gasteiger partial charge is 0.462 e. The van der Waals surface area contributed by atoms with Crippen LogP contribution in [0.15, 0.2) is 12.2 Å². The van der Waals surface area contributed by atoms with Crippen LogP contribution in [-0.2, 0) is 32.7 Å². The zero-order chi connectivity index (χ0) is 52.7. The molecule has 0 amide bonds. The van der Waals surface area contributed by atoms with Crippen LogP contribution in [-0.4, -0.2) is 74.9 Å². The molecule has 0 aliphatic heterocycles. The van der Waals surface area contributed by atoms with E-state index in [1.807, 2.05) is 21.1 Å². The van der Waals surface area contributed by atoms with Gasteiger partial charge in [-0.25, -0.2) is 4.57 Å². The van der Waals surface area contributed by atoms with E-state index in [0.29, 0.717) is 23.9 Å². The molecule has 0 fully saturated rings. The molecule has 0 aromatic carbocycles. The minimum absolute atomic E-state index is 0.0337. The second-order valence-electron chi connectivity index (χ2n) is 22.8. The molecule has 0 aliphatic rings. The van der Waals surface area contributed by atoms with Crippen molar-refractivity contribution in [2.24, 2.45) is 0 Å². The topological polar surface area (TPSA) is 108 Å². The molecule has 1 N–H and O–H groups in total. The van der Waals surface area contributed by atoms with E-state index in [4.69, 9.17) is 18.5 Å². The molecular weight excluding hydrogens is 918 g/mol. The van der Waals surface area contributed by atoms with Crippen molar-refractivity contribution in [1.82, 2.24) is 0 Å². The van der Waals surface area contributed by atoms with Gasteiger partial charge in [0, 0.05) is 12.8 Å². The van der Waals surface area contributed by atoms with Crippen molar-refractivity contribution in [3.63, 3.8) is 0 Å². The van der Waals surface area contributed by atoms with Crippen LogP contribution in [0.25, 0.3) is 0 Å². The van der Waals surface area contributed by atoms with E-state index >= 15 is 0 Å². The van der Waals surface area contributed by atoms with Crippen molar-refractivity contribution >= 4 is 19.8 Å². The number of allylic oxidation sites excluding steroid dienone is 2. The Hall–Kier alpha value is -1.25. The number of carbonyl (C=O) groups is 2. The highest BCUT2D eigenvalue weighted by Crippen LogP contribution is 2.43. The summed E-state index contributed by atoms with van der Waals surface area (Å²) in [4.78, 5) is 35.7. The van der Waals surface area contributed by atoms with Gasteiger partial charge in [-0.05, 0) is 38.5 Å². The van der Waals surface area contributed by atoms with Gasteiger partial charge in [-0.3, -0.25) is 18.6 Å². The summed E-state index contributed by atoms with van der Waals surface area (Å²) < 4.78 is 34.6. The standard InChI is InChI=1S/C62H122NO8P/c1-6-8-10-12-14-16-18-20-22-23-24-25-26-27-28-29-30-31-32-33-34-35-36-37-38-39-41-42-44-46-48-50-52-54-61(64)68-58-60(59-70-72(66,67)69-57-56-63(3,4)5)71-62(65)55-53-51-49-47-45-43-40-21-19-17-15-13-11-9-7-2/h21,40,60H,6-20,22-39,41-59H2,1-5H3/p+1/b40-21-.